The molecule has 0 heterocycles. The number of benzene rings is 2. The molecule has 0 bridgehead atoms. The van der Waals surface area contributed by atoms with Crippen molar-refractivity contribution >= 4 is 50.7 Å². The first-order chi connectivity index (χ1) is 17.1. The summed E-state index contributed by atoms with van der Waals surface area (Å²) in [5.41, 5.74) is 1.14. The molecule has 37 heavy (non-hydrogen) atoms. The average Bonchev–Trinajstić information content (AvgIpc) is 2.77. The van der Waals surface area contributed by atoms with E-state index in [1.165, 1.54) is 12.0 Å². The van der Waals surface area contributed by atoms with Crippen molar-refractivity contribution in [1.82, 2.24) is 10.2 Å². The van der Waals surface area contributed by atoms with Gasteiger partial charge in [0.05, 0.1) is 29.1 Å². The van der Waals surface area contributed by atoms with E-state index in [4.69, 9.17) is 27.9 Å². The second kappa shape index (κ2) is 12.4. The van der Waals surface area contributed by atoms with Crippen LogP contribution in [0.4, 0.5) is 5.69 Å². The van der Waals surface area contributed by atoms with Crippen molar-refractivity contribution in [2.24, 2.45) is 0 Å². The topological polar surface area (TPSA) is 96.0 Å². The lowest BCUT2D eigenvalue weighted by Crippen LogP contribution is -2.55. The zero-order valence-electron chi connectivity index (χ0n) is 22.3. The predicted octanol–water partition coefficient (Wildman–Crippen LogP) is 4.80. The van der Waals surface area contributed by atoms with Crippen molar-refractivity contribution < 1.29 is 22.7 Å². The molecule has 0 aliphatic heterocycles. The summed E-state index contributed by atoms with van der Waals surface area (Å²) in [6, 6.07) is 9.15. The smallest absolute Gasteiger partial charge is 0.244 e. The van der Waals surface area contributed by atoms with Crippen molar-refractivity contribution in [2.75, 3.05) is 24.2 Å². The van der Waals surface area contributed by atoms with E-state index in [1.54, 1.807) is 43.3 Å². The van der Waals surface area contributed by atoms with Crippen LogP contribution in [-0.2, 0) is 26.2 Å². The fourth-order valence-electron chi connectivity index (χ4n) is 3.80. The van der Waals surface area contributed by atoms with Crippen LogP contribution in [0.25, 0.3) is 0 Å². The standard InChI is InChI=1S/C26H35Cl2N3O5S/c1-8-21(25(33)29-26(3,4)5)30(15-18-10-11-19(27)20(28)14-18)24(32)16-31(37(7,34)35)22-13-17(2)9-12-23(22)36-6/h9-14,21H,8,15-16H2,1-7H3,(H,29,33)/t21-/m1/s1. The Labute approximate surface area is 229 Å². The Balaban J connectivity index is 2.55. The Bertz CT molecular complexity index is 1250. The maximum absolute atomic E-state index is 13.8. The highest BCUT2D eigenvalue weighted by atomic mass is 35.5. The van der Waals surface area contributed by atoms with E-state index in [9.17, 15) is 18.0 Å². The van der Waals surface area contributed by atoms with Crippen molar-refractivity contribution in [1.29, 1.82) is 0 Å². The number of hydrogen-bond donors (Lipinski definition) is 1. The molecule has 0 saturated carbocycles. The third-order valence-electron chi connectivity index (χ3n) is 5.50. The Hall–Kier alpha value is -2.49. The summed E-state index contributed by atoms with van der Waals surface area (Å²) in [5, 5.41) is 3.58. The number of aryl methyl sites for hydroxylation is 1. The number of amides is 2. The molecule has 2 aromatic rings. The number of rotatable bonds is 10. The van der Waals surface area contributed by atoms with Crippen LogP contribution in [0, 0.1) is 6.92 Å². The van der Waals surface area contributed by atoms with Crippen molar-refractivity contribution in [3.05, 3.63) is 57.6 Å². The Morgan fingerprint density at radius 3 is 2.24 bits per heavy atom. The van der Waals surface area contributed by atoms with Crippen molar-refractivity contribution in [2.45, 2.75) is 59.2 Å². The number of halogens is 2. The number of ether oxygens (including phenoxy) is 1. The third-order valence-corrected chi connectivity index (χ3v) is 7.37. The van der Waals surface area contributed by atoms with Gasteiger partial charge in [-0.2, -0.15) is 0 Å². The number of hydrogen-bond acceptors (Lipinski definition) is 5. The number of carbonyl (C=O) groups excluding carboxylic acids is 2. The molecule has 2 amide bonds. The monoisotopic (exact) mass is 571 g/mol. The minimum atomic E-state index is -3.90. The molecule has 1 N–H and O–H groups in total. The van der Waals surface area contributed by atoms with Gasteiger partial charge in [0.15, 0.2) is 0 Å². The van der Waals surface area contributed by atoms with Crippen LogP contribution in [0.1, 0.15) is 45.2 Å². The molecule has 0 spiro atoms. The molecule has 0 aliphatic carbocycles. The van der Waals surface area contributed by atoms with E-state index in [0.29, 0.717) is 27.8 Å². The maximum atomic E-state index is 13.8. The Kier molecular flexibility index (Phi) is 10.3. The summed E-state index contributed by atoms with van der Waals surface area (Å²) in [5.74, 6) is -0.601. The van der Waals surface area contributed by atoms with Gasteiger partial charge in [-0.3, -0.25) is 13.9 Å². The molecule has 0 saturated heterocycles. The largest absolute Gasteiger partial charge is 0.495 e. The van der Waals surface area contributed by atoms with E-state index in [-0.39, 0.29) is 18.1 Å². The molecule has 0 radical (unpaired) electrons. The highest BCUT2D eigenvalue weighted by molar-refractivity contribution is 7.92. The van der Waals surface area contributed by atoms with Crippen LogP contribution in [0.5, 0.6) is 5.75 Å². The number of nitrogens with one attached hydrogen (secondary N) is 1. The van der Waals surface area contributed by atoms with Crippen LogP contribution in [0.2, 0.25) is 10.0 Å². The Morgan fingerprint density at radius 1 is 1.08 bits per heavy atom. The summed E-state index contributed by atoms with van der Waals surface area (Å²) in [6.07, 6.45) is 1.33. The fraction of sp³-hybridized carbons (Fsp3) is 0.462. The third kappa shape index (κ3) is 8.51. The molecule has 0 unspecified atom stereocenters. The lowest BCUT2D eigenvalue weighted by molar-refractivity contribution is -0.141. The summed E-state index contributed by atoms with van der Waals surface area (Å²) >= 11 is 12.3. The predicted molar refractivity (Wildman–Crippen MR) is 149 cm³/mol. The van der Waals surface area contributed by atoms with Gasteiger partial charge in [-0.15, -0.1) is 0 Å². The van der Waals surface area contributed by atoms with E-state index in [1.807, 2.05) is 27.7 Å². The minimum Gasteiger partial charge on any atom is -0.495 e. The molecule has 0 fully saturated rings. The zero-order valence-corrected chi connectivity index (χ0v) is 24.6. The molecule has 0 aliphatic rings. The number of carbonyl (C=O) groups is 2. The van der Waals surface area contributed by atoms with Crippen LogP contribution in [0.15, 0.2) is 36.4 Å². The first-order valence-corrected chi connectivity index (χ1v) is 14.4. The molecule has 0 aromatic heterocycles. The normalized spacial score (nSPS) is 12.6. The fourth-order valence-corrected chi connectivity index (χ4v) is 4.96. The van der Waals surface area contributed by atoms with E-state index in [0.717, 1.165) is 16.1 Å². The first-order valence-electron chi connectivity index (χ1n) is 11.7. The average molecular weight is 573 g/mol. The number of nitrogens with zero attached hydrogens (tertiary/aromatic N) is 2. The van der Waals surface area contributed by atoms with Gasteiger partial charge in [-0.1, -0.05) is 42.3 Å². The van der Waals surface area contributed by atoms with E-state index < -0.39 is 34.1 Å². The molecular weight excluding hydrogens is 537 g/mol. The summed E-state index contributed by atoms with van der Waals surface area (Å²) in [7, 11) is -2.47. The lowest BCUT2D eigenvalue weighted by atomic mass is 10.1. The molecule has 8 nitrogen and oxygen atoms in total. The molecule has 204 valence electrons. The lowest BCUT2D eigenvalue weighted by Gasteiger charge is -2.34. The van der Waals surface area contributed by atoms with Crippen LogP contribution < -0.4 is 14.4 Å². The van der Waals surface area contributed by atoms with Gasteiger partial charge in [0.25, 0.3) is 0 Å². The molecular formula is C26H35Cl2N3O5S. The number of methoxy groups -OCH3 is 1. The molecule has 2 rings (SSSR count). The van der Waals surface area contributed by atoms with Crippen LogP contribution in [-0.4, -0.2) is 56.6 Å². The van der Waals surface area contributed by atoms with Gasteiger partial charge < -0.3 is 15.0 Å². The van der Waals surface area contributed by atoms with Gasteiger partial charge in [-0.05, 0) is 69.5 Å². The zero-order chi connectivity index (χ0) is 28.1. The van der Waals surface area contributed by atoms with Gasteiger partial charge in [0.2, 0.25) is 21.8 Å². The van der Waals surface area contributed by atoms with Gasteiger partial charge in [0.1, 0.15) is 18.3 Å². The van der Waals surface area contributed by atoms with Crippen LogP contribution in [0.3, 0.4) is 0 Å². The molecule has 1 atom stereocenters. The first kappa shape index (κ1) is 30.7. The Morgan fingerprint density at radius 2 is 1.73 bits per heavy atom. The minimum absolute atomic E-state index is 0.0222. The molecule has 11 heteroatoms. The highest BCUT2D eigenvalue weighted by Gasteiger charge is 2.33. The maximum Gasteiger partial charge on any atom is 0.244 e. The van der Waals surface area contributed by atoms with Gasteiger partial charge in [0, 0.05) is 12.1 Å². The summed E-state index contributed by atoms with van der Waals surface area (Å²) in [4.78, 5) is 28.4. The van der Waals surface area contributed by atoms with Crippen molar-refractivity contribution in [3.8, 4) is 5.75 Å². The summed E-state index contributed by atoms with van der Waals surface area (Å²) in [6.45, 7) is 8.63. The van der Waals surface area contributed by atoms with Crippen LogP contribution >= 0.6 is 23.2 Å². The van der Waals surface area contributed by atoms with Gasteiger partial charge in [-0.25, -0.2) is 8.42 Å². The quantitative estimate of drug-likeness (QED) is 0.442. The number of sulfonamides is 1. The SMILES string of the molecule is CC[C@H](C(=O)NC(C)(C)C)N(Cc1ccc(Cl)c(Cl)c1)C(=O)CN(c1cc(C)ccc1OC)S(C)(=O)=O. The second-order valence-corrected chi connectivity index (χ2v) is 12.6. The van der Waals surface area contributed by atoms with Crippen molar-refractivity contribution in [3.63, 3.8) is 0 Å². The highest BCUT2D eigenvalue weighted by Crippen LogP contribution is 2.31. The number of anilines is 1. The van der Waals surface area contributed by atoms with E-state index >= 15 is 0 Å². The molecule has 2 aromatic carbocycles. The second-order valence-electron chi connectivity index (χ2n) is 9.88. The van der Waals surface area contributed by atoms with E-state index in [2.05, 4.69) is 5.32 Å². The van der Waals surface area contributed by atoms with Gasteiger partial charge >= 0.3 is 0 Å². The summed E-state index contributed by atoms with van der Waals surface area (Å²) < 4.78 is 32.1.